The lowest BCUT2D eigenvalue weighted by Gasteiger charge is -2.33. The molecule has 1 aromatic heterocycles. The molecule has 1 atom stereocenters. The van der Waals surface area contributed by atoms with Crippen LogP contribution >= 0.6 is 0 Å². The Morgan fingerprint density at radius 3 is 3.05 bits per heavy atom. The number of hydrogen-bond acceptors (Lipinski definition) is 4. The summed E-state index contributed by atoms with van der Waals surface area (Å²) < 4.78 is 0. The summed E-state index contributed by atoms with van der Waals surface area (Å²) in [5, 5.41) is 11.9. The van der Waals surface area contributed by atoms with E-state index in [0.29, 0.717) is 0 Å². The summed E-state index contributed by atoms with van der Waals surface area (Å²) in [7, 11) is 0. The highest BCUT2D eigenvalue weighted by molar-refractivity contribution is 5.97. The van der Waals surface area contributed by atoms with Crippen LogP contribution in [0.2, 0.25) is 0 Å². The summed E-state index contributed by atoms with van der Waals surface area (Å²) in [4.78, 5) is 6.88. The number of anilines is 1. The third-order valence-electron chi connectivity index (χ3n) is 3.76. The quantitative estimate of drug-likeness (QED) is 0.378. The van der Waals surface area contributed by atoms with Crippen LogP contribution in [-0.4, -0.2) is 29.1 Å². The summed E-state index contributed by atoms with van der Waals surface area (Å²) in [6, 6.07) is 3.74. The molecule has 2 rings (SSSR count). The largest absolute Gasteiger partial charge is 0.409 e. The van der Waals surface area contributed by atoms with Crippen LogP contribution in [-0.2, 0) is 0 Å². The highest BCUT2D eigenvalue weighted by atomic mass is 16.4. The molecule has 1 aliphatic rings. The average Bonchev–Trinajstić information content (AvgIpc) is 2.45. The maximum atomic E-state index is 8.79. The van der Waals surface area contributed by atoms with E-state index >= 15 is 0 Å². The van der Waals surface area contributed by atoms with Gasteiger partial charge in [-0.1, -0.05) is 18.5 Å². The SMILES string of the molecule is CCC1CCCN(c2cc(/C(N)=N/O)cc(C)n2)C1. The van der Waals surface area contributed by atoms with Crippen molar-refractivity contribution in [1.82, 2.24) is 4.98 Å². The van der Waals surface area contributed by atoms with Gasteiger partial charge in [0.15, 0.2) is 5.84 Å². The molecule has 0 aliphatic carbocycles. The van der Waals surface area contributed by atoms with Crippen molar-refractivity contribution in [2.45, 2.75) is 33.1 Å². The number of aryl methyl sites for hydroxylation is 1. The third-order valence-corrected chi connectivity index (χ3v) is 3.76. The molecule has 3 N–H and O–H groups in total. The monoisotopic (exact) mass is 262 g/mol. The first-order valence-corrected chi connectivity index (χ1v) is 6.85. The minimum Gasteiger partial charge on any atom is -0.409 e. The van der Waals surface area contributed by atoms with E-state index in [2.05, 4.69) is 22.0 Å². The van der Waals surface area contributed by atoms with Crippen molar-refractivity contribution in [2.24, 2.45) is 16.8 Å². The standard InChI is InChI=1S/C14H22N4O/c1-3-11-5-4-6-18(9-11)13-8-12(14(15)17-19)7-10(2)16-13/h7-8,11,19H,3-6,9H2,1-2H3,(H2,15,17). The van der Waals surface area contributed by atoms with E-state index in [1.807, 2.05) is 19.1 Å². The number of nitrogens with zero attached hydrogens (tertiary/aromatic N) is 3. The molecule has 5 heteroatoms. The van der Waals surface area contributed by atoms with Crippen LogP contribution in [0.5, 0.6) is 0 Å². The number of piperidine rings is 1. The molecule has 1 aromatic rings. The molecule has 0 amide bonds. The normalized spacial score (nSPS) is 20.6. The lowest BCUT2D eigenvalue weighted by molar-refractivity contribution is 0.318. The van der Waals surface area contributed by atoms with E-state index in [9.17, 15) is 0 Å². The van der Waals surface area contributed by atoms with Gasteiger partial charge in [-0.2, -0.15) is 0 Å². The van der Waals surface area contributed by atoms with Crippen LogP contribution in [0, 0.1) is 12.8 Å². The zero-order valence-electron chi connectivity index (χ0n) is 11.6. The number of nitrogens with two attached hydrogens (primary N) is 1. The zero-order valence-corrected chi connectivity index (χ0v) is 11.6. The molecule has 2 heterocycles. The maximum absolute atomic E-state index is 8.79. The predicted molar refractivity (Wildman–Crippen MR) is 76.7 cm³/mol. The average molecular weight is 262 g/mol. The fraction of sp³-hybridized carbons (Fsp3) is 0.571. The number of rotatable bonds is 3. The van der Waals surface area contributed by atoms with Gasteiger partial charge in [0, 0.05) is 24.3 Å². The van der Waals surface area contributed by atoms with E-state index in [1.165, 1.54) is 19.3 Å². The zero-order chi connectivity index (χ0) is 13.8. The van der Waals surface area contributed by atoms with Gasteiger partial charge in [0.25, 0.3) is 0 Å². The summed E-state index contributed by atoms with van der Waals surface area (Å²) >= 11 is 0. The summed E-state index contributed by atoms with van der Waals surface area (Å²) in [5.41, 5.74) is 7.28. The van der Waals surface area contributed by atoms with E-state index in [-0.39, 0.29) is 5.84 Å². The number of oxime groups is 1. The minimum atomic E-state index is 0.135. The Kier molecular flexibility index (Phi) is 4.24. The van der Waals surface area contributed by atoms with Gasteiger partial charge in [0.05, 0.1) is 0 Å². The van der Waals surface area contributed by atoms with E-state index in [4.69, 9.17) is 10.9 Å². The van der Waals surface area contributed by atoms with E-state index in [0.717, 1.165) is 36.1 Å². The molecule has 5 nitrogen and oxygen atoms in total. The number of pyridine rings is 1. The lowest BCUT2D eigenvalue weighted by atomic mass is 9.95. The molecular weight excluding hydrogens is 240 g/mol. The van der Waals surface area contributed by atoms with Gasteiger partial charge in [0.2, 0.25) is 0 Å². The first-order valence-electron chi connectivity index (χ1n) is 6.85. The fourth-order valence-electron chi connectivity index (χ4n) is 2.63. The Hall–Kier alpha value is -1.78. The maximum Gasteiger partial charge on any atom is 0.170 e. The lowest BCUT2D eigenvalue weighted by Crippen LogP contribution is -2.36. The molecule has 0 spiro atoms. The number of hydrogen-bond donors (Lipinski definition) is 2. The van der Waals surface area contributed by atoms with Crippen LogP contribution in [0.3, 0.4) is 0 Å². The topological polar surface area (TPSA) is 74.7 Å². The van der Waals surface area contributed by atoms with Crippen LogP contribution in [0.1, 0.15) is 37.4 Å². The second kappa shape index (κ2) is 5.91. The highest BCUT2D eigenvalue weighted by Crippen LogP contribution is 2.24. The molecule has 1 aliphatic heterocycles. The molecule has 1 saturated heterocycles. The van der Waals surface area contributed by atoms with Gasteiger partial charge in [0.1, 0.15) is 5.82 Å². The van der Waals surface area contributed by atoms with Crippen molar-refractivity contribution in [1.29, 1.82) is 0 Å². The fourth-order valence-corrected chi connectivity index (χ4v) is 2.63. The first-order chi connectivity index (χ1) is 9.13. The van der Waals surface area contributed by atoms with Crippen molar-refractivity contribution < 1.29 is 5.21 Å². The number of amidine groups is 1. The van der Waals surface area contributed by atoms with Crippen molar-refractivity contribution in [3.05, 3.63) is 23.4 Å². The van der Waals surface area contributed by atoms with Crippen molar-refractivity contribution in [3.8, 4) is 0 Å². The predicted octanol–water partition coefficient (Wildman–Crippen LogP) is 2.11. The summed E-state index contributed by atoms with van der Waals surface area (Å²) in [6.07, 6.45) is 3.70. The van der Waals surface area contributed by atoms with Gasteiger partial charge in [-0.25, -0.2) is 4.98 Å². The van der Waals surface area contributed by atoms with E-state index in [1.54, 1.807) is 0 Å². The van der Waals surface area contributed by atoms with Crippen LogP contribution in [0.25, 0.3) is 0 Å². The van der Waals surface area contributed by atoms with Crippen molar-refractivity contribution >= 4 is 11.7 Å². The Bertz CT molecular complexity index is 473. The third kappa shape index (κ3) is 3.16. The molecule has 1 unspecified atom stereocenters. The van der Waals surface area contributed by atoms with Crippen LogP contribution in [0.4, 0.5) is 5.82 Å². The molecule has 19 heavy (non-hydrogen) atoms. The Balaban J connectivity index is 2.26. The molecule has 1 fully saturated rings. The Morgan fingerprint density at radius 1 is 1.58 bits per heavy atom. The molecular formula is C14H22N4O. The highest BCUT2D eigenvalue weighted by Gasteiger charge is 2.20. The van der Waals surface area contributed by atoms with Gasteiger partial charge in [-0.15, -0.1) is 0 Å². The number of aromatic nitrogens is 1. The molecule has 0 saturated carbocycles. The minimum absolute atomic E-state index is 0.135. The molecule has 104 valence electrons. The van der Waals surface area contributed by atoms with E-state index < -0.39 is 0 Å². The first kappa shape index (κ1) is 13.6. The van der Waals surface area contributed by atoms with Gasteiger partial charge in [-0.05, 0) is 37.8 Å². The van der Waals surface area contributed by atoms with Gasteiger partial charge in [-0.3, -0.25) is 0 Å². The smallest absolute Gasteiger partial charge is 0.170 e. The van der Waals surface area contributed by atoms with Crippen molar-refractivity contribution in [2.75, 3.05) is 18.0 Å². The Morgan fingerprint density at radius 2 is 2.37 bits per heavy atom. The Labute approximate surface area is 114 Å². The molecule has 0 radical (unpaired) electrons. The molecule has 0 bridgehead atoms. The van der Waals surface area contributed by atoms with Gasteiger partial charge >= 0.3 is 0 Å². The van der Waals surface area contributed by atoms with Crippen LogP contribution < -0.4 is 10.6 Å². The second-order valence-electron chi connectivity index (χ2n) is 5.20. The van der Waals surface area contributed by atoms with Crippen molar-refractivity contribution in [3.63, 3.8) is 0 Å². The summed E-state index contributed by atoms with van der Waals surface area (Å²) in [5.74, 6) is 1.80. The van der Waals surface area contributed by atoms with Crippen LogP contribution in [0.15, 0.2) is 17.3 Å². The summed E-state index contributed by atoms with van der Waals surface area (Å²) in [6.45, 7) is 6.24. The second-order valence-corrected chi connectivity index (χ2v) is 5.20. The molecule has 0 aromatic carbocycles. The van der Waals surface area contributed by atoms with Gasteiger partial charge < -0.3 is 15.8 Å².